The van der Waals surface area contributed by atoms with Gasteiger partial charge in [0.05, 0.1) is 30.8 Å². The molecule has 1 fully saturated rings. The van der Waals surface area contributed by atoms with Crippen molar-refractivity contribution in [3.63, 3.8) is 0 Å². The van der Waals surface area contributed by atoms with Crippen molar-refractivity contribution >= 4 is 0 Å². The van der Waals surface area contributed by atoms with Crippen molar-refractivity contribution in [2.24, 2.45) is 5.92 Å². The molecule has 0 radical (unpaired) electrons. The third-order valence-electron chi connectivity index (χ3n) is 3.14. The van der Waals surface area contributed by atoms with Crippen LogP contribution in [0.1, 0.15) is 11.7 Å². The summed E-state index contributed by atoms with van der Waals surface area (Å²) in [5.41, 5.74) is 1.29. The summed E-state index contributed by atoms with van der Waals surface area (Å²) in [6.45, 7) is 5.29. The zero-order valence-electron chi connectivity index (χ0n) is 9.05. The molecule has 1 aromatic heterocycles. The molecule has 0 spiro atoms. The fourth-order valence-electron chi connectivity index (χ4n) is 2.23. The Balaban J connectivity index is 2.32. The fraction of sp³-hybridized carbons (Fsp3) is 0.545. The van der Waals surface area contributed by atoms with Gasteiger partial charge in [-0.25, -0.2) is 9.37 Å². The number of aliphatic hydroxyl groups excluding tert-OH is 2. The molecule has 0 aliphatic heterocycles. The van der Waals surface area contributed by atoms with E-state index >= 15 is 0 Å². The molecule has 4 unspecified atom stereocenters. The van der Waals surface area contributed by atoms with Crippen LogP contribution in [0.5, 0.6) is 0 Å². The minimum Gasteiger partial charge on any atom is -0.396 e. The lowest BCUT2D eigenvalue weighted by atomic mass is 10.0. The van der Waals surface area contributed by atoms with E-state index in [4.69, 9.17) is 5.11 Å². The Labute approximate surface area is 93.0 Å². The number of halogens is 1. The van der Waals surface area contributed by atoms with E-state index in [0.29, 0.717) is 5.57 Å². The van der Waals surface area contributed by atoms with E-state index in [-0.39, 0.29) is 6.61 Å². The molecule has 1 aliphatic rings. The fourth-order valence-corrected chi connectivity index (χ4v) is 2.23. The number of hydrogen-bond donors (Lipinski definition) is 2. The van der Waals surface area contributed by atoms with Crippen molar-refractivity contribution in [2.45, 2.75) is 25.2 Å². The first-order valence-corrected chi connectivity index (χ1v) is 5.18. The molecule has 0 amide bonds. The van der Waals surface area contributed by atoms with Gasteiger partial charge in [-0.1, -0.05) is 6.58 Å². The average Bonchev–Trinajstić information content (AvgIpc) is 2.73. The van der Waals surface area contributed by atoms with Crippen LogP contribution in [0.2, 0.25) is 0 Å². The highest BCUT2D eigenvalue weighted by Crippen LogP contribution is 2.40. The number of rotatable bonds is 2. The van der Waals surface area contributed by atoms with Gasteiger partial charge in [-0.05, 0) is 12.5 Å². The van der Waals surface area contributed by atoms with Crippen molar-refractivity contribution in [3.05, 3.63) is 30.4 Å². The minimum absolute atomic E-state index is 0.287. The van der Waals surface area contributed by atoms with E-state index < -0.39 is 24.2 Å². The molecule has 1 saturated carbocycles. The number of nitrogens with zero attached hydrogens (tertiary/aromatic N) is 2. The van der Waals surface area contributed by atoms with Gasteiger partial charge in [0, 0.05) is 12.1 Å². The smallest absolute Gasteiger partial charge is 0.151 e. The molecule has 4 nitrogen and oxygen atoms in total. The molecule has 88 valence electrons. The van der Waals surface area contributed by atoms with Crippen LogP contribution in [0.25, 0.3) is 0 Å². The summed E-state index contributed by atoms with van der Waals surface area (Å²) in [7, 11) is 0. The van der Waals surface area contributed by atoms with Gasteiger partial charge in [0.15, 0.2) is 6.17 Å². The van der Waals surface area contributed by atoms with Gasteiger partial charge in [-0.3, -0.25) is 0 Å². The molecule has 2 rings (SSSR count). The Bertz CT molecular complexity index is 404. The zero-order chi connectivity index (χ0) is 11.9. The third-order valence-corrected chi connectivity index (χ3v) is 3.14. The highest BCUT2D eigenvalue weighted by atomic mass is 19.1. The van der Waals surface area contributed by atoms with Gasteiger partial charge in [0.2, 0.25) is 0 Å². The van der Waals surface area contributed by atoms with Crippen LogP contribution >= 0.6 is 0 Å². The SMILES string of the molecule is C=C1C(CO)C(O)C(F)C1n1cnc(C)c1. The van der Waals surface area contributed by atoms with Crippen LogP contribution in [0, 0.1) is 12.8 Å². The molecule has 4 atom stereocenters. The predicted octanol–water partition coefficient (Wildman–Crippen LogP) is 0.610. The molecular weight excluding hydrogens is 211 g/mol. The summed E-state index contributed by atoms with van der Waals surface area (Å²) < 4.78 is 15.5. The average molecular weight is 226 g/mol. The normalized spacial score (nSPS) is 34.6. The number of aliphatic hydroxyl groups is 2. The van der Waals surface area contributed by atoms with E-state index in [1.54, 1.807) is 17.7 Å². The molecule has 1 aliphatic carbocycles. The largest absolute Gasteiger partial charge is 0.396 e. The third kappa shape index (κ3) is 1.56. The number of aryl methyl sites for hydroxylation is 1. The molecule has 16 heavy (non-hydrogen) atoms. The first kappa shape index (κ1) is 11.3. The van der Waals surface area contributed by atoms with Crippen LogP contribution in [-0.4, -0.2) is 38.6 Å². The highest BCUT2D eigenvalue weighted by molar-refractivity contribution is 5.22. The monoisotopic (exact) mass is 226 g/mol. The van der Waals surface area contributed by atoms with E-state index in [1.165, 1.54) is 6.33 Å². The maximum atomic E-state index is 13.9. The van der Waals surface area contributed by atoms with Crippen molar-refractivity contribution in [2.75, 3.05) is 6.61 Å². The summed E-state index contributed by atoms with van der Waals surface area (Å²) in [5, 5.41) is 18.7. The molecule has 0 aromatic carbocycles. The number of aromatic nitrogens is 2. The molecular formula is C11H15FN2O2. The van der Waals surface area contributed by atoms with Crippen LogP contribution in [0.4, 0.5) is 4.39 Å². The van der Waals surface area contributed by atoms with Crippen molar-refractivity contribution in [1.29, 1.82) is 0 Å². The summed E-state index contributed by atoms with van der Waals surface area (Å²) in [5.74, 6) is -0.595. The molecule has 5 heteroatoms. The van der Waals surface area contributed by atoms with Gasteiger partial charge in [0.25, 0.3) is 0 Å². The summed E-state index contributed by atoms with van der Waals surface area (Å²) in [4.78, 5) is 4.02. The van der Waals surface area contributed by atoms with Gasteiger partial charge < -0.3 is 14.8 Å². The highest BCUT2D eigenvalue weighted by Gasteiger charge is 2.46. The first-order valence-electron chi connectivity index (χ1n) is 5.18. The minimum atomic E-state index is -1.45. The zero-order valence-corrected chi connectivity index (χ0v) is 9.05. The quantitative estimate of drug-likeness (QED) is 0.726. The second kappa shape index (κ2) is 3.99. The Morgan fingerprint density at radius 3 is 2.75 bits per heavy atom. The summed E-state index contributed by atoms with van der Waals surface area (Å²) in [6.07, 6.45) is 0.586. The van der Waals surface area contributed by atoms with E-state index in [1.807, 2.05) is 0 Å². The lowest BCUT2D eigenvalue weighted by molar-refractivity contribution is 0.0423. The number of hydrogen-bond acceptors (Lipinski definition) is 3. The lowest BCUT2D eigenvalue weighted by Crippen LogP contribution is -2.26. The molecule has 1 heterocycles. The van der Waals surface area contributed by atoms with Gasteiger partial charge >= 0.3 is 0 Å². The van der Waals surface area contributed by atoms with Gasteiger partial charge in [-0.2, -0.15) is 0 Å². The second-order valence-electron chi connectivity index (χ2n) is 4.21. The molecule has 2 N–H and O–H groups in total. The van der Waals surface area contributed by atoms with E-state index in [0.717, 1.165) is 5.69 Å². The Morgan fingerprint density at radius 2 is 2.31 bits per heavy atom. The maximum Gasteiger partial charge on any atom is 0.151 e. The topological polar surface area (TPSA) is 58.3 Å². The second-order valence-corrected chi connectivity index (χ2v) is 4.21. The maximum absolute atomic E-state index is 13.9. The van der Waals surface area contributed by atoms with E-state index in [2.05, 4.69) is 11.6 Å². The Kier molecular flexibility index (Phi) is 2.82. The van der Waals surface area contributed by atoms with Crippen LogP contribution in [-0.2, 0) is 0 Å². The molecule has 0 saturated heterocycles. The number of alkyl halides is 1. The summed E-state index contributed by atoms with van der Waals surface area (Å²) >= 11 is 0. The van der Waals surface area contributed by atoms with Gasteiger partial charge in [0.1, 0.15) is 0 Å². The summed E-state index contributed by atoms with van der Waals surface area (Å²) in [6, 6.07) is -0.631. The van der Waals surface area contributed by atoms with Crippen LogP contribution < -0.4 is 0 Å². The number of imidazole rings is 1. The molecule has 1 aromatic rings. The van der Waals surface area contributed by atoms with Gasteiger partial charge in [-0.15, -0.1) is 0 Å². The van der Waals surface area contributed by atoms with E-state index in [9.17, 15) is 9.50 Å². The van der Waals surface area contributed by atoms with Crippen molar-refractivity contribution < 1.29 is 14.6 Å². The van der Waals surface area contributed by atoms with Crippen LogP contribution in [0.15, 0.2) is 24.7 Å². The Hall–Kier alpha value is -1.20. The first-order chi connectivity index (χ1) is 7.56. The predicted molar refractivity (Wildman–Crippen MR) is 56.6 cm³/mol. The Morgan fingerprint density at radius 1 is 1.62 bits per heavy atom. The standard InChI is InChI=1S/C11H15FN2O2/c1-6-3-14(5-13-6)10-7(2)8(4-15)11(16)9(10)12/h3,5,8-11,15-16H,2,4H2,1H3. The van der Waals surface area contributed by atoms with Crippen molar-refractivity contribution in [1.82, 2.24) is 9.55 Å². The lowest BCUT2D eigenvalue weighted by Gasteiger charge is -2.16. The van der Waals surface area contributed by atoms with Crippen molar-refractivity contribution in [3.8, 4) is 0 Å². The molecule has 0 bridgehead atoms. The van der Waals surface area contributed by atoms with Crippen LogP contribution in [0.3, 0.4) is 0 Å².